The molecule has 1 aliphatic carbocycles. The third kappa shape index (κ3) is 2.19. The monoisotopic (exact) mass is 237 g/mol. The molecule has 0 spiro atoms. The van der Waals surface area contributed by atoms with Crippen LogP contribution in [0, 0.1) is 0 Å². The van der Waals surface area contributed by atoms with Crippen molar-refractivity contribution >= 4 is 0 Å². The molecule has 1 aromatic rings. The lowest BCUT2D eigenvalue weighted by molar-refractivity contribution is -0.107. The zero-order chi connectivity index (χ0) is 11.9. The topological polar surface area (TPSA) is 67.1 Å². The molecule has 0 radical (unpaired) electrons. The maximum atomic E-state index is 10.1. The fraction of sp³-hybridized carbons (Fsp3) is 0.909. The van der Waals surface area contributed by atoms with Gasteiger partial charge in [0.1, 0.15) is 0 Å². The Morgan fingerprint density at radius 2 is 2.18 bits per heavy atom. The van der Waals surface area contributed by atoms with Crippen LogP contribution >= 0.6 is 0 Å². The second-order valence-electron chi connectivity index (χ2n) is 5.39. The first-order chi connectivity index (χ1) is 8.20. The molecule has 2 heterocycles. The highest BCUT2D eigenvalue weighted by molar-refractivity contribution is 4.98. The quantitative estimate of drug-likeness (QED) is 0.800. The van der Waals surface area contributed by atoms with Crippen molar-refractivity contribution in [2.45, 2.75) is 50.8 Å². The van der Waals surface area contributed by atoms with Crippen LogP contribution in [0.2, 0.25) is 0 Å². The minimum Gasteiger partial charge on any atom is -0.387 e. The van der Waals surface area contributed by atoms with Gasteiger partial charge in [-0.25, -0.2) is 4.68 Å². The zero-order valence-corrected chi connectivity index (χ0v) is 10.2. The Hall–Kier alpha value is -1.01. The van der Waals surface area contributed by atoms with Crippen molar-refractivity contribution in [2.75, 3.05) is 13.1 Å². The van der Waals surface area contributed by atoms with Gasteiger partial charge in [-0.2, -0.15) is 0 Å². The standard InChI is InChI=1S/C11H19N5O/c1-2-5-11(17)7-15(8-11)6-10-12-13-14-16(10)9-3-4-9/h9,17H,2-8H2,1H3. The largest absolute Gasteiger partial charge is 0.387 e. The summed E-state index contributed by atoms with van der Waals surface area (Å²) in [4.78, 5) is 2.21. The smallest absolute Gasteiger partial charge is 0.165 e. The van der Waals surface area contributed by atoms with E-state index in [1.165, 1.54) is 12.8 Å². The lowest BCUT2D eigenvalue weighted by Crippen LogP contribution is -2.61. The molecule has 0 unspecified atom stereocenters. The molecule has 1 saturated carbocycles. The summed E-state index contributed by atoms with van der Waals surface area (Å²) in [5, 5.41) is 21.9. The highest BCUT2D eigenvalue weighted by Gasteiger charge is 2.41. The Labute approximate surface area is 101 Å². The minimum atomic E-state index is -0.466. The molecule has 17 heavy (non-hydrogen) atoms. The maximum absolute atomic E-state index is 10.1. The van der Waals surface area contributed by atoms with E-state index in [-0.39, 0.29) is 0 Å². The highest BCUT2D eigenvalue weighted by Crippen LogP contribution is 2.35. The Bertz CT molecular complexity index is 394. The zero-order valence-electron chi connectivity index (χ0n) is 10.2. The van der Waals surface area contributed by atoms with Gasteiger partial charge in [0.2, 0.25) is 0 Å². The third-order valence-electron chi connectivity index (χ3n) is 3.57. The van der Waals surface area contributed by atoms with Gasteiger partial charge in [-0.3, -0.25) is 4.90 Å². The Kier molecular flexibility index (Phi) is 2.63. The molecule has 0 aromatic carbocycles. The van der Waals surface area contributed by atoms with Crippen LogP contribution in [0.25, 0.3) is 0 Å². The van der Waals surface area contributed by atoms with Crippen molar-refractivity contribution in [3.63, 3.8) is 0 Å². The van der Waals surface area contributed by atoms with Gasteiger partial charge in [-0.1, -0.05) is 13.3 Å². The molecule has 1 N–H and O–H groups in total. The first kappa shape index (κ1) is 11.1. The van der Waals surface area contributed by atoms with Gasteiger partial charge in [0.15, 0.2) is 5.82 Å². The molecule has 1 saturated heterocycles. The number of likely N-dealkylation sites (tertiary alicyclic amines) is 1. The second kappa shape index (κ2) is 4.03. The fourth-order valence-corrected chi connectivity index (χ4v) is 2.64. The summed E-state index contributed by atoms with van der Waals surface area (Å²) in [5.41, 5.74) is -0.466. The van der Waals surface area contributed by atoms with Gasteiger partial charge in [-0.15, -0.1) is 5.10 Å². The van der Waals surface area contributed by atoms with E-state index in [1.807, 2.05) is 4.68 Å². The number of nitrogens with zero attached hydrogens (tertiary/aromatic N) is 5. The lowest BCUT2D eigenvalue weighted by atomic mass is 9.89. The molecule has 2 fully saturated rings. The van der Waals surface area contributed by atoms with Gasteiger partial charge in [0.25, 0.3) is 0 Å². The van der Waals surface area contributed by atoms with Gasteiger partial charge in [-0.05, 0) is 29.7 Å². The van der Waals surface area contributed by atoms with E-state index in [0.29, 0.717) is 6.04 Å². The molecular formula is C11H19N5O. The van der Waals surface area contributed by atoms with E-state index in [0.717, 1.165) is 38.3 Å². The molecule has 6 nitrogen and oxygen atoms in total. The van der Waals surface area contributed by atoms with Crippen LogP contribution in [-0.2, 0) is 6.54 Å². The van der Waals surface area contributed by atoms with Crippen molar-refractivity contribution < 1.29 is 5.11 Å². The van der Waals surface area contributed by atoms with Crippen LogP contribution < -0.4 is 0 Å². The van der Waals surface area contributed by atoms with Gasteiger partial charge in [0.05, 0.1) is 18.2 Å². The first-order valence-corrected chi connectivity index (χ1v) is 6.42. The van der Waals surface area contributed by atoms with E-state index in [1.54, 1.807) is 0 Å². The maximum Gasteiger partial charge on any atom is 0.165 e. The molecule has 0 atom stereocenters. The summed E-state index contributed by atoms with van der Waals surface area (Å²) in [6, 6.07) is 0.524. The molecule has 94 valence electrons. The number of hydrogen-bond donors (Lipinski definition) is 1. The van der Waals surface area contributed by atoms with Crippen molar-refractivity contribution in [3.8, 4) is 0 Å². The average Bonchev–Trinajstić information content (AvgIpc) is 2.98. The SMILES string of the molecule is CCCC1(O)CN(Cc2nnnn2C2CC2)C1. The number of tetrazole rings is 1. The highest BCUT2D eigenvalue weighted by atomic mass is 16.3. The molecule has 0 amide bonds. The van der Waals surface area contributed by atoms with Crippen LogP contribution in [0.4, 0.5) is 0 Å². The number of hydrogen-bond acceptors (Lipinski definition) is 5. The summed E-state index contributed by atoms with van der Waals surface area (Å²) in [5.74, 6) is 0.936. The molecule has 1 aromatic heterocycles. The summed E-state index contributed by atoms with van der Waals surface area (Å²) in [7, 11) is 0. The van der Waals surface area contributed by atoms with E-state index in [9.17, 15) is 5.11 Å². The predicted octanol–water partition coefficient (Wildman–Crippen LogP) is 0.355. The normalized spacial score (nSPS) is 23.6. The number of aromatic nitrogens is 4. The van der Waals surface area contributed by atoms with E-state index in [4.69, 9.17) is 0 Å². The number of rotatable bonds is 5. The first-order valence-electron chi connectivity index (χ1n) is 6.42. The van der Waals surface area contributed by atoms with Crippen LogP contribution in [0.15, 0.2) is 0 Å². The average molecular weight is 237 g/mol. The van der Waals surface area contributed by atoms with Gasteiger partial charge >= 0.3 is 0 Å². The molecule has 3 rings (SSSR count). The van der Waals surface area contributed by atoms with E-state index < -0.39 is 5.60 Å². The lowest BCUT2D eigenvalue weighted by Gasteiger charge is -2.46. The van der Waals surface area contributed by atoms with Crippen molar-refractivity contribution in [3.05, 3.63) is 5.82 Å². The summed E-state index contributed by atoms with van der Waals surface area (Å²) < 4.78 is 1.94. The summed E-state index contributed by atoms with van der Waals surface area (Å²) >= 11 is 0. The van der Waals surface area contributed by atoms with Crippen LogP contribution in [0.5, 0.6) is 0 Å². The number of β-amino-alcohol motifs (C(OH)–C–C–N with tert-alkyl or cyclic N) is 1. The molecule has 2 aliphatic rings. The predicted molar refractivity (Wildman–Crippen MR) is 61.2 cm³/mol. The fourth-order valence-electron chi connectivity index (χ4n) is 2.64. The molecular weight excluding hydrogens is 218 g/mol. The van der Waals surface area contributed by atoms with E-state index >= 15 is 0 Å². The van der Waals surface area contributed by atoms with Gasteiger partial charge in [0, 0.05) is 13.1 Å². The Morgan fingerprint density at radius 3 is 2.82 bits per heavy atom. The Balaban J connectivity index is 1.56. The summed E-state index contributed by atoms with van der Waals surface area (Å²) in [6.45, 7) is 4.36. The number of aliphatic hydroxyl groups is 1. The van der Waals surface area contributed by atoms with Crippen LogP contribution in [0.3, 0.4) is 0 Å². The minimum absolute atomic E-state index is 0.466. The van der Waals surface area contributed by atoms with Crippen molar-refractivity contribution in [1.29, 1.82) is 0 Å². The van der Waals surface area contributed by atoms with Crippen molar-refractivity contribution in [2.24, 2.45) is 0 Å². The molecule has 1 aliphatic heterocycles. The summed E-state index contributed by atoms with van der Waals surface area (Å²) in [6.07, 6.45) is 4.30. The van der Waals surface area contributed by atoms with Crippen LogP contribution in [-0.4, -0.2) is 48.9 Å². The Morgan fingerprint density at radius 1 is 1.41 bits per heavy atom. The molecule has 0 bridgehead atoms. The second-order valence-corrected chi connectivity index (χ2v) is 5.39. The van der Waals surface area contributed by atoms with Crippen molar-refractivity contribution in [1.82, 2.24) is 25.1 Å². The van der Waals surface area contributed by atoms with Gasteiger partial charge < -0.3 is 5.11 Å². The van der Waals surface area contributed by atoms with Crippen LogP contribution in [0.1, 0.15) is 44.5 Å². The van der Waals surface area contributed by atoms with E-state index in [2.05, 4.69) is 27.3 Å². The third-order valence-corrected chi connectivity index (χ3v) is 3.57. The molecule has 6 heteroatoms.